The molecule has 30 heavy (non-hydrogen) atoms. The number of hydrogen-bond acceptors (Lipinski definition) is 6. The molecular weight excluding hydrogens is 422 g/mol. The Morgan fingerprint density at radius 2 is 0.667 bits per heavy atom. The van der Waals surface area contributed by atoms with Gasteiger partial charge in [0.1, 0.15) is 0 Å². The lowest BCUT2D eigenvalue weighted by atomic mass is 10.3. The molecule has 3 aromatic carbocycles. The van der Waals surface area contributed by atoms with E-state index in [2.05, 4.69) is 0 Å². The molecule has 0 spiro atoms. The Balaban J connectivity index is 0.00000106. The van der Waals surface area contributed by atoms with Crippen molar-refractivity contribution in [1.29, 1.82) is 0 Å². The molecule has 0 aliphatic carbocycles. The summed E-state index contributed by atoms with van der Waals surface area (Å²) in [5, 5.41) is 0. The van der Waals surface area contributed by atoms with E-state index >= 15 is 0 Å². The van der Waals surface area contributed by atoms with Gasteiger partial charge in [0.15, 0.2) is 23.0 Å². The Morgan fingerprint density at radius 1 is 0.433 bits per heavy atom. The first-order chi connectivity index (χ1) is 14.7. The van der Waals surface area contributed by atoms with Crippen molar-refractivity contribution >= 4 is 16.5 Å². The molecule has 0 aliphatic heterocycles. The van der Waals surface area contributed by atoms with Crippen LogP contribution in [-0.2, 0) is 9.13 Å². The lowest BCUT2D eigenvalue weighted by Crippen LogP contribution is -1.90. The van der Waals surface area contributed by atoms with Crippen molar-refractivity contribution in [2.24, 2.45) is 0 Å². The third kappa shape index (κ3) is 9.51. The van der Waals surface area contributed by atoms with Gasteiger partial charge in [-0.3, -0.25) is 0 Å². The van der Waals surface area contributed by atoms with E-state index in [9.17, 15) is 9.13 Å². The van der Waals surface area contributed by atoms with Gasteiger partial charge in [0.25, 0.3) is 0 Å². The Morgan fingerprint density at radius 3 is 0.933 bits per heavy atom. The van der Waals surface area contributed by atoms with Crippen molar-refractivity contribution in [2.45, 2.75) is 27.7 Å². The quantitative estimate of drug-likeness (QED) is 0.326. The van der Waals surface area contributed by atoms with Crippen LogP contribution >= 0.6 is 16.5 Å². The van der Waals surface area contributed by atoms with Crippen molar-refractivity contribution in [2.75, 3.05) is 0 Å². The number of para-hydroxylation sites is 2. The van der Waals surface area contributed by atoms with E-state index in [1.165, 1.54) is 24.3 Å². The van der Waals surface area contributed by atoms with Crippen LogP contribution in [0.15, 0.2) is 84.9 Å². The SMILES string of the molecule is CC.CC.O=[P+](Oc1ccccc1)Oc1ccc(O[P+](=O)Oc2ccccc2)cc1. The molecule has 0 heterocycles. The van der Waals surface area contributed by atoms with Gasteiger partial charge in [0.05, 0.1) is 0 Å². The van der Waals surface area contributed by atoms with E-state index in [0.29, 0.717) is 23.0 Å². The Kier molecular flexibility index (Phi) is 12.5. The first kappa shape index (κ1) is 25.1. The van der Waals surface area contributed by atoms with Gasteiger partial charge < -0.3 is 0 Å². The van der Waals surface area contributed by atoms with E-state index in [1.807, 2.05) is 39.8 Å². The molecule has 0 N–H and O–H groups in total. The summed E-state index contributed by atoms with van der Waals surface area (Å²) in [6.45, 7) is 8.00. The molecule has 0 saturated heterocycles. The normalized spacial score (nSPS) is 10.1. The van der Waals surface area contributed by atoms with Crippen LogP contribution in [-0.4, -0.2) is 0 Å². The van der Waals surface area contributed by atoms with E-state index in [4.69, 9.17) is 18.1 Å². The molecule has 3 aromatic rings. The summed E-state index contributed by atoms with van der Waals surface area (Å²) in [5.74, 6) is 1.55. The maximum atomic E-state index is 11.9. The smallest absolute Gasteiger partial charge is 0.222 e. The second-order valence-corrected chi connectivity index (χ2v) is 6.53. The van der Waals surface area contributed by atoms with Crippen LogP contribution in [0.2, 0.25) is 0 Å². The summed E-state index contributed by atoms with van der Waals surface area (Å²) in [6.07, 6.45) is 0. The molecule has 3 rings (SSSR count). The predicted octanol–water partition coefficient (Wildman–Crippen LogP) is 7.97. The summed E-state index contributed by atoms with van der Waals surface area (Å²) < 4.78 is 44.4. The molecule has 0 saturated carbocycles. The minimum absolute atomic E-state index is 0.327. The molecular formula is C22H26O6P2+2. The molecule has 0 amide bonds. The second-order valence-electron chi connectivity index (χ2n) is 4.91. The van der Waals surface area contributed by atoms with Crippen LogP contribution in [0.25, 0.3) is 0 Å². The van der Waals surface area contributed by atoms with E-state index in [-0.39, 0.29) is 0 Å². The third-order valence-electron chi connectivity index (χ3n) is 3.03. The van der Waals surface area contributed by atoms with Gasteiger partial charge in [-0.05, 0) is 48.5 Å². The molecule has 0 aliphatic rings. The molecule has 0 bridgehead atoms. The average Bonchev–Trinajstić information content (AvgIpc) is 2.79. The van der Waals surface area contributed by atoms with Gasteiger partial charge in [0.2, 0.25) is 0 Å². The van der Waals surface area contributed by atoms with Gasteiger partial charge in [-0.15, -0.1) is 0 Å². The first-order valence-electron chi connectivity index (χ1n) is 9.55. The Labute approximate surface area is 179 Å². The van der Waals surface area contributed by atoms with Crippen LogP contribution < -0.4 is 18.1 Å². The Bertz CT molecular complexity index is 797. The second kappa shape index (κ2) is 15.0. The van der Waals surface area contributed by atoms with Crippen molar-refractivity contribution < 1.29 is 27.2 Å². The molecule has 2 unspecified atom stereocenters. The van der Waals surface area contributed by atoms with Crippen LogP contribution in [0.3, 0.4) is 0 Å². The summed E-state index contributed by atoms with van der Waals surface area (Å²) in [5.41, 5.74) is 0. The Hall–Kier alpha value is -2.94. The maximum absolute atomic E-state index is 11.9. The van der Waals surface area contributed by atoms with Crippen molar-refractivity contribution in [3.63, 3.8) is 0 Å². The number of benzene rings is 3. The van der Waals surface area contributed by atoms with Gasteiger partial charge in [0, 0.05) is 9.13 Å². The summed E-state index contributed by atoms with van der Waals surface area (Å²) >= 11 is 0. The van der Waals surface area contributed by atoms with Crippen LogP contribution in [0.4, 0.5) is 0 Å². The third-order valence-corrected chi connectivity index (χ3v) is 4.47. The number of rotatable bonds is 8. The average molecular weight is 448 g/mol. The molecule has 0 fully saturated rings. The molecule has 2 atom stereocenters. The minimum atomic E-state index is -2.37. The fourth-order valence-electron chi connectivity index (χ4n) is 1.91. The lowest BCUT2D eigenvalue weighted by Gasteiger charge is -1.96. The van der Waals surface area contributed by atoms with Crippen LogP contribution in [0, 0.1) is 0 Å². The van der Waals surface area contributed by atoms with Gasteiger partial charge in [-0.2, -0.15) is 0 Å². The molecule has 6 nitrogen and oxygen atoms in total. The standard InChI is InChI=1S/C18H14O6P2.2C2H6/c19-25(21-15-7-3-1-4-8-15)23-17-11-13-18(14-12-17)24-26(20)22-16-9-5-2-6-10-16;2*1-2/h1-14H;2*1-2H3/q+2;;. The zero-order valence-electron chi connectivity index (χ0n) is 17.4. The molecule has 0 radical (unpaired) electrons. The highest BCUT2D eigenvalue weighted by Gasteiger charge is 2.26. The molecule has 158 valence electrons. The van der Waals surface area contributed by atoms with E-state index in [1.54, 1.807) is 48.5 Å². The fourth-order valence-corrected chi connectivity index (χ4v) is 3.16. The summed E-state index contributed by atoms with van der Waals surface area (Å²) in [4.78, 5) is 0. The highest BCUT2D eigenvalue weighted by atomic mass is 31.1. The largest absolute Gasteiger partial charge is 0.805 e. The van der Waals surface area contributed by atoms with Gasteiger partial charge >= 0.3 is 16.5 Å². The van der Waals surface area contributed by atoms with Crippen LogP contribution in [0.1, 0.15) is 27.7 Å². The van der Waals surface area contributed by atoms with Crippen molar-refractivity contribution in [3.05, 3.63) is 84.9 Å². The van der Waals surface area contributed by atoms with E-state index in [0.717, 1.165) is 0 Å². The minimum Gasteiger partial charge on any atom is -0.222 e. The first-order valence-corrected chi connectivity index (χ1v) is 11.7. The lowest BCUT2D eigenvalue weighted by molar-refractivity contribution is 0.410. The zero-order valence-corrected chi connectivity index (χ0v) is 19.2. The topological polar surface area (TPSA) is 71.1 Å². The van der Waals surface area contributed by atoms with Crippen molar-refractivity contribution in [1.82, 2.24) is 0 Å². The predicted molar refractivity (Wildman–Crippen MR) is 120 cm³/mol. The molecule has 8 heteroatoms. The maximum Gasteiger partial charge on any atom is 0.805 e. The highest BCUT2D eigenvalue weighted by molar-refractivity contribution is 7.34. The summed E-state index contributed by atoms with van der Waals surface area (Å²) in [7, 11) is -4.73. The van der Waals surface area contributed by atoms with Crippen LogP contribution in [0.5, 0.6) is 23.0 Å². The van der Waals surface area contributed by atoms with Gasteiger partial charge in [-0.1, -0.05) is 64.1 Å². The van der Waals surface area contributed by atoms with Crippen molar-refractivity contribution in [3.8, 4) is 23.0 Å². The molecule has 0 aromatic heterocycles. The van der Waals surface area contributed by atoms with Gasteiger partial charge in [-0.25, -0.2) is 18.1 Å². The fraction of sp³-hybridized carbons (Fsp3) is 0.182. The van der Waals surface area contributed by atoms with E-state index < -0.39 is 16.5 Å². The number of hydrogen-bond donors (Lipinski definition) is 0. The monoisotopic (exact) mass is 448 g/mol. The zero-order chi connectivity index (χ0) is 22.2. The highest BCUT2D eigenvalue weighted by Crippen LogP contribution is 2.34. The summed E-state index contributed by atoms with van der Waals surface area (Å²) in [6, 6.07) is 23.6.